The van der Waals surface area contributed by atoms with Crippen molar-refractivity contribution in [3.63, 3.8) is 0 Å². The van der Waals surface area contributed by atoms with E-state index in [0.717, 1.165) is 17.1 Å². The lowest BCUT2D eigenvalue weighted by molar-refractivity contribution is 0.0956. The van der Waals surface area contributed by atoms with Crippen LogP contribution >= 0.6 is 0 Å². The number of hydrogen-bond acceptors (Lipinski definition) is 4. The van der Waals surface area contributed by atoms with Crippen LogP contribution in [0.25, 0.3) is 0 Å². The summed E-state index contributed by atoms with van der Waals surface area (Å²) in [4.78, 5) is 20.4. The first-order valence-corrected chi connectivity index (χ1v) is 6.56. The average Bonchev–Trinajstić information content (AvgIpc) is 2.38. The first kappa shape index (κ1) is 14.0. The molecule has 0 spiro atoms. The summed E-state index contributed by atoms with van der Waals surface area (Å²) in [7, 11) is 0. The van der Waals surface area contributed by atoms with Gasteiger partial charge in [-0.25, -0.2) is 9.97 Å². The molecular formula is C15H18N4O. The van der Waals surface area contributed by atoms with E-state index in [9.17, 15) is 4.79 Å². The predicted molar refractivity (Wildman–Crippen MR) is 79.2 cm³/mol. The standard InChI is InChI=1S/C15H18N4O/c1-4-16-14(20)12-6-5-7-13(9-12)19-15-17-10(2)8-11(3)18-15/h5-9H,4H2,1-3H3,(H,16,20)(H,17,18,19). The maximum absolute atomic E-state index is 11.8. The Hall–Kier alpha value is -2.43. The van der Waals surface area contributed by atoms with Crippen molar-refractivity contribution >= 4 is 17.5 Å². The lowest BCUT2D eigenvalue weighted by atomic mass is 10.2. The third-order valence-corrected chi connectivity index (χ3v) is 2.70. The Morgan fingerprint density at radius 1 is 1.15 bits per heavy atom. The number of benzene rings is 1. The summed E-state index contributed by atoms with van der Waals surface area (Å²) in [5.41, 5.74) is 3.21. The van der Waals surface area contributed by atoms with Crippen molar-refractivity contribution in [3.8, 4) is 0 Å². The average molecular weight is 270 g/mol. The third kappa shape index (κ3) is 3.54. The van der Waals surface area contributed by atoms with Crippen LogP contribution in [0.4, 0.5) is 11.6 Å². The van der Waals surface area contributed by atoms with Crippen LogP contribution in [0.5, 0.6) is 0 Å². The van der Waals surface area contributed by atoms with Crippen LogP contribution in [0.3, 0.4) is 0 Å². The van der Waals surface area contributed by atoms with Gasteiger partial charge in [-0.2, -0.15) is 0 Å². The lowest BCUT2D eigenvalue weighted by Crippen LogP contribution is -2.22. The van der Waals surface area contributed by atoms with Crippen LogP contribution in [0.2, 0.25) is 0 Å². The molecule has 2 aromatic rings. The van der Waals surface area contributed by atoms with Crippen molar-refractivity contribution in [2.75, 3.05) is 11.9 Å². The maximum Gasteiger partial charge on any atom is 0.251 e. The summed E-state index contributed by atoms with van der Waals surface area (Å²) in [5.74, 6) is 0.452. The molecule has 2 rings (SSSR count). The zero-order chi connectivity index (χ0) is 14.5. The van der Waals surface area contributed by atoms with E-state index in [4.69, 9.17) is 0 Å². The second-order valence-electron chi connectivity index (χ2n) is 4.54. The van der Waals surface area contributed by atoms with Gasteiger partial charge in [0.1, 0.15) is 0 Å². The Bertz CT molecular complexity index is 605. The molecule has 20 heavy (non-hydrogen) atoms. The fraction of sp³-hybridized carbons (Fsp3) is 0.267. The molecule has 0 radical (unpaired) electrons. The third-order valence-electron chi connectivity index (χ3n) is 2.70. The van der Waals surface area contributed by atoms with E-state index in [1.54, 1.807) is 12.1 Å². The van der Waals surface area contributed by atoms with E-state index < -0.39 is 0 Å². The van der Waals surface area contributed by atoms with E-state index in [1.807, 2.05) is 39.0 Å². The summed E-state index contributed by atoms with van der Waals surface area (Å²) >= 11 is 0. The van der Waals surface area contributed by atoms with E-state index in [-0.39, 0.29) is 5.91 Å². The molecule has 0 fully saturated rings. The zero-order valence-corrected chi connectivity index (χ0v) is 11.9. The molecule has 0 saturated carbocycles. The van der Waals surface area contributed by atoms with Gasteiger partial charge in [0.05, 0.1) is 0 Å². The molecule has 1 amide bonds. The van der Waals surface area contributed by atoms with Crippen molar-refractivity contribution < 1.29 is 4.79 Å². The van der Waals surface area contributed by atoms with Crippen molar-refractivity contribution in [3.05, 3.63) is 47.3 Å². The first-order valence-electron chi connectivity index (χ1n) is 6.56. The van der Waals surface area contributed by atoms with Gasteiger partial charge >= 0.3 is 0 Å². The summed E-state index contributed by atoms with van der Waals surface area (Å²) in [6, 6.07) is 9.18. The number of nitrogens with one attached hydrogen (secondary N) is 2. The highest BCUT2D eigenvalue weighted by Gasteiger charge is 2.06. The molecular weight excluding hydrogens is 252 g/mol. The Balaban J connectivity index is 2.21. The highest BCUT2D eigenvalue weighted by molar-refractivity contribution is 5.95. The van der Waals surface area contributed by atoms with Crippen LogP contribution in [0, 0.1) is 13.8 Å². The quantitative estimate of drug-likeness (QED) is 0.896. The molecule has 0 aliphatic carbocycles. The molecule has 5 nitrogen and oxygen atoms in total. The molecule has 1 aromatic carbocycles. The van der Waals surface area contributed by atoms with Crippen molar-refractivity contribution in [2.24, 2.45) is 0 Å². The zero-order valence-electron chi connectivity index (χ0n) is 11.9. The van der Waals surface area contributed by atoms with Gasteiger partial charge in [0, 0.05) is 29.2 Å². The minimum Gasteiger partial charge on any atom is -0.352 e. The SMILES string of the molecule is CCNC(=O)c1cccc(Nc2nc(C)cc(C)n2)c1. The molecule has 104 valence electrons. The minimum atomic E-state index is -0.0857. The smallest absolute Gasteiger partial charge is 0.251 e. The topological polar surface area (TPSA) is 66.9 Å². The van der Waals surface area contributed by atoms with Crippen LogP contribution in [0.15, 0.2) is 30.3 Å². The normalized spacial score (nSPS) is 10.2. The Morgan fingerprint density at radius 3 is 2.50 bits per heavy atom. The van der Waals surface area contributed by atoms with E-state index in [0.29, 0.717) is 18.1 Å². The van der Waals surface area contributed by atoms with Crippen molar-refractivity contribution in [1.29, 1.82) is 0 Å². The number of amides is 1. The number of carbonyl (C=O) groups excluding carboxylic acids is 1. The maximum atomic E-state index is 11.8. The Morgan fingerprint density at radius 2 is 1.85 bits per heavy atom. The molecule has 1 heterocycles. The fourth-order valence-corrected chi connectivity index (χ4v) is 1.91. The van der Waals surface area contributed by atoms with Crippen LogP contribution in [-0.4, -0.2) is 22.4 Å². The van der Waals surface area contributed by atoms with Crippen molar-refractivity contribution in [1.82, 2.24) is 15.3 Å². The summed E-state index contributed by atoms with van der Waals surface area (Å²) < 4.78 is 0. The number of nitrogens with zero attached hydrogens (tertiary/aromatic N) is 2. The van der Waals surface area contributed by atoms with Gasteiger partial charge in [0.25, 0.3) is 5.91 Å². The number of aromatic nitrogens is 2. The minimum absolute atomic E-state index is 0.0857. The van der Waals surface area contributed by atoms with Crippen LogP contribution in [0.1, 0.15) is 28.7 Å². The van der Waals surface area contributed by atoms with E-state index >= 15 is 0 Å². The molecule has 0 atom stereocenters. The first-order chi connectivity index (χ1) is 9.58. The van der Waals surface area contributed by atoms with Gasteiger partial charge in [-0.1, -0.05) is 6.07 Å². The Labute approximate surface area is 118 Å². The molecule has 5 heteroatoms. The molecule has 0 aliphatic rings. The lowest BCUT2D eigenvalue weighted by Gasteiger charge is -2.08. The van der Waals surface area contributed by atoms with Crippen LogP contribution in [-0.2, 0) is 0 Å². The number of anilines is 2. The second-order valence-corrected chi connectivity index (χ2v) is 4.54. The largest absolute Gasteiger partial charge is 0.352 e. The molecule has 0 unspecified atom stereocenters. The number of rotatable bonds is 4. The number of carbonyl (C=O) groups is 1. The van der Waals surface area contributed by atoms with Gasteiger partial charge in [0.15, 0.2) is 0 Å². The summed E-state index contributed by atoms with van der Waals surface area (Å²) in [5, 5.41) is 5.89. The van der Waals surface area contributed by atoms with E-state index in [2.05, 4.69) is 20.6 Å². The van der Waals surface area contributed by atoms with Gasteiger partial charge in [0.2, 0.25) is 5.95 Å². The predicted octanol–water partition coefficient (Wildman–Crippen LogP) is 2.59. The van der Waals surface area contributed by atoms with E-state index in [1.165, 1.54) is 0 Å². The molecule has 2 N–H and O–H groups in total. The van der Waals surface area contributed by atoms with Crippen molar-refractivity contribution in [2.45, 2.75) is 20.8 Å². The monoisotopic (exact) mass is 270 g/mol. The van der Waals surface area contributed by atoms with Crippen LogP contribution < -0.4 is 10.6 Å². The fourth-order valence-electron chi connectivity index (χ4n) is 1.91. The molecule has 0 bridgehead atoms. The molecule has 0 aliphatic heterocycles. The number of aryl methyl sites for hydroxylation is 2. The number of hydrogen-bond donors (Lipinski definition) is 2. The molecule has 0 saturated heterocycles. The Kier molecular flexibility index (Phi) is 4.30. The summed E-state index contributed by atoms with van der Waals surface area (Å²) in [6.45, 7) is 6.34. The summed E-state index contributed by atoms with van der Waals surface area (Å²) in [6.07, 6.45) is 0. The van der Waals surface area contributed by atoms with Gasteiger partial charge in [-0.05, 0) is 45.0 Å². The highest BCUT2D eigenvalue weighted by atomic mass is 16.1. The van der Waals surface area contributed by atoms with Gasteiger partial charge < -0.3 is 10.6 Å². The molecule has 1 aromatic heterocycles. The second kappa shape index (κ2) is 6.14. The highest BCUT2D eigenvalue weighted by Crippen LogP contribution is 2.15. The van der Waals surface area contributed by atoms with Gasteiger partial charge in [-0.15, -0.1) is 0 Å². The van der Waals surface area contributed by atoms with Gasteiger partial charge in [-0.3, -0.25) is 4.79 Å².